The molecule has 1 aliphatic rings. The normalized spacial score (nSPS) is 29.4. The highest BCUT2D eigenvalue weighted by molar-refractivity contribution is 7.90. The van der Waals surface area contributed by atoms with Gasteiger partial charge in [0.05, 0.1) is 5.75 Å². The molecule has 0 saturated heterocycles. The van der Waals surface area contributed by atoms with Gasteiger partial charge < -0.3 is 5.32 Å². The Morgan fingerprint density at radius 1 is 1.21 bits per heavy atom. The maximum atomic E-state index is 11.4. The van der Waals surface area contributed by atoms with Gasteiger partial charge in [0.2, 0.25) is 0 Å². The molecule has 0 aromatic carbocycles. The first-order chi connectivity index (χ1) is 8.58. The lowest BCUT2D eigenvalue weighted by Gasteiger charge is -2.44. The van der Waals surface area contributed by atoms with Crippen molar-refractivity contribution in [2.75, 3.05) is 25.6 Å². The summed E-state index contributed by atoms with van der Waals surface area (Å²) in [5, 5.41) is 3.27. The van der Waals surface area contributed by atoms with E-state index in [1.54, 1.807) is 0 Å². The van der Waals surface area contributed by atoms with Crippen LogP contribution < -0.4 is 5.32 Å². The van der Waals surface area contributed by atoms with Crippen LogP contribution in [0.25, 0.3) is 0 Å². The summed E-state index contributed by atoms with van der Waals surface area (Å²) in [6.45, 7) is 7.90. The molecular formula is C15H31NO2S. The van der Waals surface area contributed by atoms with E-state index in [4.69, 9.17) is 0 Å². The molecule has 0 aromatic heterocycles. The van der Waals surface area contributed by atoms with Gasteiger partial charge in [-0.2, -0.15) is 0 Å². The van der Waals surface area contributed by atoms with Crippen LogP contribution in [0.15, 0.2) is 0 Å². The molecule has 0 radical (unpaired) electrons. The van der Waals surface area contributed by atoms with E-state index in [1.165, 1.54) is 19.1 Å². The number of sulfone groups is 1. The summed E-state index contributed by atoms with van der Waals surface area (Å²) in [5.41, 5.74) is 0.572. The van der Waals surface area contributed by atoms with Gasteiger partial charge in [-0.25, -0.2) is 8.42 Å². The molecule has 0 aromatic rings. The van der Waals surface area contributed by atoms with Crippen molar-refractivity contribution in [1.29, 1.82) is 0 Å². The van der Waals surface area contributed by atoms with Gasteiger partial charge in [-0.05, 0) is 55.9 Å². The van der Waals surface area contributed by atoms with Crippen LogP contribution in [-0.4, -0.2) is 34.0 Å². The Hall–Kier alpha value is -0.0900. The summed E-state index contributed by atoms with van der Waals surface area (Å²) in [6.07, 6.45) is 6.94. The zero-order valence-electron chi connectivity index (χ0n) is 13.3. The minimum absolute atomic E-state index is 0.194. The molecule has 0 aliphatic heterocycles. The summed E-state index contributed by atoms with van der Waals surface area (Å²) in [6, 6.07) is 0. The molecular weight excluding hydrogens is 258 g/mol. The van der Waals surface area contributed by atoms with Crippen LogP contribution in [0, 0.1) is 16.7 Å². The molecule has 3 nitrogen and oxygen atoms in total. The first-order valence-electron chi connectivity index (χ1n) is 7.40. The SMILES string of the molecule is CNCC1(CCS(C)(=O)=O)CCC(C(C)(C)C)CC1. The van der Waals surface area contributed by atoms with Crippen LogP contribution in [0.2, 0.25) is 0 Å². The van der Waals surface area contributed by atoms with E-state index in [0.717, 1.165) is 31.7 Å². The topological polar surface area (TPSA) is 46.2 Å². The highest BCUT2D eigenvalue weighted by Gasteiger charge is 2.38. The van der Waals surface area contributed by atoms with Crippen molar-refractivity contribution in [3.8, 4) is 0 Å². The largest absolute Gasteiger partial charge is 0.319 e. The highest BCUT2D eigenvalue weighted by Crippen LogP contribution is 2.46. The van der Waals surface area contributed by atoms with E-state index in [-0.39, 0.29) is 5.41 Å². The zero-order chi connectivity index (χ0) is 14.7. The predicted octanol–water partition coefficient (Wildman–Crippen LogP) is 2.86. The Labute approximate surface area is 119 Å². The highest BCUT2D eigenvalue weighted by atomic mass is 32.2. The molecule has 1 rings (SSSR count). The van der Waals surface area contributed by atoms with Crippen LogP contribution in [-0.2, 0) is 9.84 Å². The smallest absolute Gasteiger partial charge is 0.147 e. The molecule has 0 atom stereocenters. The Bertz CT molecular complexity index is 373. The molecule has 114 valence electrons. The average molecular weight is 289 g/mol. The lowest BCUT2D eigenvalue weighted by atomic mass is 9.63. The van der Waals surface area contributed by atoms with E-state index in [2.05, 4.69) is 26.1 Å². The second-order valence-corrected chi connectivity index (χ2v) is 9.81. The van der Waals surface area contributed by atoms with E-state index in [1.807, 2.05) is 7.05 Å². The summed E-state index contributed by atoms with van der Waals surface area (Å²) in [7, 11) is -0.879. The third kappa shape index (κ3) is 5.42. The molecule has 1 aliphatic carbocycles. The zero-order valence-corrected chi connectivity index (χ0v) is 14.1. The molecule has 1 N–H and O–H groups in total. The monoisotopic (exact) mass is 289 g/mol. The van der Waals surface area contributed by atoms with Crippen molar-refractivity contribution in [3.05, 3.63) is 0 Å². The second-order valence-electron chi connectivity index (χ2n) is 7.55. The van der Waals surface area contributed by atoms with Crippen molar-refractivity contribution in [2.45, 2.75) is 52.9 Å². The van der Waals surface area contributed by atoms with Crippen molar-refractivity contribution in [1.82, 2.24) is 5.32 Å². The fourth-order valence-corrected chi connectivity index (χ4v) is 4.19. The van der Waals surface area contributed by atoms with Gasteiger partial charge in [-0.3, -0.25) is 0 Å². The third-order valence-corrected chi connectivity index (χ3v) is 5.77. The first kappa shape index (κ1) is 17.0. The van der Waals surface area contributed by atoms with Crippen LogP contribution in [0.1, 0.15) is 52.9 Å². The molecule has 0 amide bonds. The van der Waals surface area contributed by atoms with E-state index >= 15 is 0 Å². The van der Waals surface area contributed by atoms with Gasteiger partial charge >= 0.3 is 0 Å². The summed E-state index contributed by atoms with van der Waals surface area (Å²) in [5.74, 6) is 1.10. The van der Waals surface area contributed by atoms with Crippen molar-refractivity contribution in [2.24, 2.45) is 16.7 Å². The van der Waals surface area contributed by atoms with Crippen LogP contribution in [0.5, 0.6) is 0 Å². The minimum Gasteiger partial charge on any atom is -0.319 e. The van der Waals surface area contributed by atoms with Crippen molar-refractivity contribution in [3.63, 3.8) is 0 Å². The number of hydrogen-bond donors (Lipinski definition) is 1. The minimum atomic E-state index is -2.85. The standard InChI is InChI=1S/C15H31NO2S/c1-14(2,3)13-6-8-15(9-7-13,12-16-4)10-11-19(5,17)18/h13,16H,6-12H2,1-5H3. The van der Waals surface area contributed by atoms with Crippen LogP contribution >= 0.6 is 0 Å². The summed E-state index contributed by atoms with van der Waals surface area (Å²) < 4.78 is 22.8. The van der Waals surface area contributed by atoms with Crippen LogP contribution in [0.3, 0.4) is 0 Å². The number of nitrogens with one attached hydrogen (secondary N) is 1. The Balaban J connectivity index is 2.66. The van der Waals surface area contributed by atoms with E-state index < -0.39 is 9.84 Å². The van der Waals surface area contributed by atoms with Gasteiger partial charge in [-0.15, -0.1) is 0 Å². The van der Waals surface area contributed by atoms with Gasteiger partial charge in [0, 0.05) is 12.8 Å². The lowest BCUT2D eigenvalue weighted by Crippen LogP contribution is -2.40. The summed E-state index contributed by atoms with van der Waals surface area (Å²) in [4.78, 5) is 0. The first-order valence-corrected chi connectivity index (χ1v) is 9.46. The molecule has 0 unspecified atom stereocenters. The molecule has 19 heavy (non-hydrogen) atoms. The summed E-state index contributed by atoms with van der Waals surface area (Å²) >= 11 is 0. The molecule has 0 spiro atoms. The quantitative estimate of drug-likeness (QED) is 0.846. The fraction of sp³-hybridized carbons (Fsp3) is 1.00. The number of rotatable bonds is 5. The average Bonchev–Trinajstić information content (AvgIpc) is 2.26. The van der Waals surface area contributed by atoms with Gasteiger partial charge in [0.15, 0.2) is 0 Å². The van der Waals surface area contributed by atoms with Crippen molar-refractivity contribution >= 4 is 9.84 Å². The number of hydrogen-bond acceptors (Lipinski definition) is 3. The van der Waals surface area contributed by atoms with E-state index in [9.17, 15) is 8.42 Å². The van der Waals surface area contributed by atoms with Gasteiger partial charge in [-0.1, -0.05) is 20.8 Å². The maximum Gasteiger partial charge on any atom is 0.147 e. The lowest BCUT2D eigenvalue weighted by molar-refractivity contribution is 0.0853. The fourth-order valence-electron chi connectivity index (χ4n) is 3.39. The molecule has 1 saturated carbocycles. The van der Waals surface area contributed by atoms with Gasteiger partial charge in [0.25, 0.3) is 0 Å². The molecule has 0 bridgehead atoms. The second kappa shape index (κ2) is 6.13. The molecule has 0 heterocycles. The Morgan fingerprint density at radius 2 is 1.74 bits per heavy atom. The van der Waals surface area contributed by atoms with Gasteiger partial charge in [0.1, 0.15) is 9.84 Å². The Morgan fingerprint density at radius 3 is 2.11 bits per heavy atom. The molecule has 4 heteroatoms. The molecule has 1 fully saturated rings. The Kier molecular flexibility index (Phi) is 5.47. The maximum absolute atomic E-state index is 11.4. The van der Waals surface area contributed by atoms with Crippen LogP contribution in [0.4, 0.5) is 0 Å². The van der Waals surface area contributed by atoms with Crippen molar-refractivity contribution < 1.29 is 8.42 Å². The predicted molar refractivity (Wildman–Crippen MR) is 82.1 cm³/mol. The van der Waals surface area contributed by atoms with E-state index in [0.29, 0.717) is 11.2 Å². The third-order valence-electron chi connectivity index (χ3n) is 4.83.